The lowest BCUT2D eigenvalue weighted by molar-refractivity contribution is -0.118. The van der Waals surface area contributed by atoms with Crippen LogP contribution < -0.4 is 10.5 Å². The summed E-state index contributed by atoms with van der Waals surface area (Å²) in [5, 5.41) is 5.92. The lowest BCUT2D eigenvalue weighted by atomic mass is 10.1. The zero-order chi connectivity index (χ0) is 24.2. The van der Waals surface area contributed by atoms with Gasteiger partial charge in [-0.15, -0.1) is 0 Å². The van der Waals surface area contributed by atoms with Crippen molar-refractivity contribution in [3.63, 3.8) is 0 Å². The first kappa shape index (κ1) is 23.3. The zero-order valence-corrected chi connectivity index (χ0v) is 20.0. The number of ether oxygens (including phenoxy) is 1. The van der Waals surface area contributed by atoms with Crippen LogP contribution in [-0.4, -0.2) is 33.2 Å². The third-order valence-corrected chi connectivity index (χ3v) is 6.47. The second-order valence-electron chi connectivity index (χ2n) is 7.69. The molecule has 34 heavy (non-hydrogen) atoms. The highest BCUT2D eigenvalue weighted by Gasteiger charge is 2.25. The molecule has 0 saturated heterocycles. The van der Waals surface area contributed by atoms with E-state index in [1.54, 1.807) is 44.0 Å². The molecule has 4 aromatic rings. The van der Waals surface area contributed by atoms with E-state index in [1.165, 1.54) is 4.68 Å². The summed E-state index contributed by atoms with van der Waals surface area (Å²) in [5.41, 5.74) is 1.71. The molecule has 9 heteroatoms. The largest absolute Gasteiger partial charge is 0.462 e. The predicted octanol–water partition coefficient (Wildman–Crippen LogP) is 3.65. The fourth-order valence-electron chi connectivity index (χ4n) is 3.66. The molecule has 0 bridgehead atoms. The Hall–Kier alpha value is -3.85. The number of benzene rings is 2. The predicted molar refractivity (Wildman–Crippen MR) is 131 cm³/mol. The SMILES string of the molecule is CCOC(=O)c1sc(N(Cc2ccccc2)C(=O)Cc2nn(C)c(=O)c3ccccc23)nc1C. The molecule has 0 radical (unpaired) electrons. The molecule has 0 N–H and O–H groups in total. The van der Waals surface area contributed by atoms with Crippen molar-refractivity contribution >= 4 is 39.1 Å². The van der Waals surface area contributed by atoms with Crippen molar-refractivity contribution in [3.8, 4) is 0 Å². The number of hydrogen-bond acceptors (Lipinski definition) is 7. The smallest absolute Gasteiger partial charge is 0.350 e. The summed E-state index contributed by atoms with van der Waals surface area (Å²) in [7, 11) is 1.57. The lowest BCUT2D eigenvalue weighted by Gasteiger charge is -2.20. The highest BCUT2D eigenvalue weighted by molar-refractivity contribution is 7.17. The molecule has 8 nitrogen and oxygen atoms in total. The highest BCUT2D eigenvalue weighted by atomic mass is 32.1. The van der Waals surface area contributed by atoms with Crippen LogP contribution in [0.3, 0.4) is 0 Å². The molecule has 174 valence electrons. The van der Waals surface area contributed by atoms with Crippen LogP contribution >= 0.6 is 11.3 Å². The van der Waals surface area contributed by atoms with Crippen LogP contribution in [0.2, 0.25) is 0 Å². The zero-order valence-electron chi connectivity index (χ0n) is 19.1. The Morgan fingerprint density at radius 2 is 1.74 bits per heavy atom. The lowest BCUT2D eigenvalue weighted by Crippen LogP contribution is -2.33. The molecule has 4 rings (SSSR count). The quantitative estimate of drug-likeness (QED) is 0.378. The average molecular weight is 477 g/mol. The van der Waals surface area contributed by atoms with E-state index in [-0.39, 0.29) is 31.0 Å². The Balaban J connectivity index is 1.73. The monoisotopic (exact) mass is 476 g/mol. The van der Waals surface area contributed by atoms with Gasteiger partial charge in [-0.2, -0.15) is 5.10 Å². The van der Waals surface area contributed by atoms with Crippen molar-refractivity contribution in [2.45, 2.75) is 26.8 Å². The summed E-state index contributed by atoms with van der Waals surface area (Å²) in [6, 6.07) is 16.7. The Kier molecular flexibility index (Phi) is 6.83. The molecular weight excluding hydrogens is 452 g/mol. The molecule has 0 aliphatic carbocycles. The van der Waals surface area contributed by atoms with Crippen molar-refractivity contribution in [2.75, 3.05) is 11.5 Å². The number of rotatable bonds is 7. The van der Waals surface area contributed by atoms with Gasteiger partial charge in [0.2, 0.25) is 5.91 Å². The molecule has 0 aliphatic heterocycles. The van der Waals surface area contributed by atoms with Gasteiger partial charge in [-0.3, -0.25) is 14.5 Å². The van der Waals surface area contributed by atoms with Gasteiger partial charge in [0, 0.05) is 12.4 Å². The van der Waals surface area contributed by atoms with Gasteiger partial charge in [0.15, 0.2) is 5.13 Å². The van der Waals surface area contributed by atoms with Crippen molar-refractivity contribution in [2.24, 2.45) is 7.05 Å². The summed E-state index contributed by atoms with van der Waals surface area (Å²) in [6.07, 6.45) is -0.0329. The van der Waals surface area contributed by atoms with Gasteiger partial charge in [0.25, 0.3) is 5.56 Å². The molecule has 1 amide bonds. The van der Waals surface area contributed by atoms with Crippen LogP contribution in [0.4, 0.5) is 5.13 Å². The van der Waals surface area contributed by atoms with Crippen LogP contribution in [0.1, 0.15) is 33.5 Å². The fraction of sp³-hybridized carbons (Fsp3) is 0.240. The molecule has 0 fully saturated rings. The van der Waals surface area contributed by atoms with Crippen LogP contribution in [0.15, 0.2) is 59.4 Å². The van der Waals surface area contributed by atoms with Crippen molar-refractivity contribution in [1.29, 1.82) is 0 Å². The minimum Gasteiger partial charge on any atom is -0.462 e. The minimum absolute atomic E-state index is 0.0329. The summed E-state index contributed by atoms with van der Waals surface area (Å²) in [6.45, 7) is 3.99. The first-order valence-corrected chi connectivity index (χ1v) is 11.6. The second kappa shape index (κ2) is 9.96. The topological polar surface area (TPSA) is 94.4 Å². The number of nitrogens with zero attached hydrogens (tertiary/aromatic N) is 4. The number of carbonyl (C=O) groups is 2. The number of aromatic nitrogens is 3. The van der Waals surface area contributed by atoms with E-state index in [9.17, 15) is 14.4 Å². The Morgan fingerprint density at radius 3 is 2.44 bits per heavy atom. The van der Waals surface area contributed by atoms with Crippen LogP contribution in [-0.2, 0) is 29.5 Å². The molecule has 0 aliphatic rings. The Labute approximate surface area is 200 Å². The van der Waals surface area contributed by atoms with Gasteiger partial charge in [-0.05, 0) is 25.5 Å². The maximum absolute atomic E-state index is 13.6. The maximum atomic E-state index is 13.6. The minimum atomic E-state index is -0.457. The fourth-order valence-corrected chi connectivity index (χ4v) is 4.63. The van der Waals surface area contributed by atoms with E-state index >= 15 is 0 Å². The first-order valence-electron chi connectivity index (χ1n) is 10.8. The van der Waals surface area contributed by atoms with Crippen LogP contribution in [0.5, 0.6) is 0 Å². The van der Waals surface area contributed by atoms with E-state index < -0.39 is 5.97 Å². The normalized spacial score (nSPS) is 10.9. The number of thiazole rings is 1. The number of hydrogen-bond donors (Lipinski definition) is 0. The average Bonchev–Trinajstić information content (AvgIpc) is 3.23. The molecule has 2 aromatic carbocycles. The van der Waals surface area contributed by atoms with Gasteiger partial charge < -0.3 is 4.74 Å². The highest BCUT2D eigenvalue weighted by Crippen LogP contribution is 2.29. The standard InChI is InChI=1S/C25H24N4O4S/c1-4-33-24(32)22-16(2)26-25(34-22)29(15-17-10-6-5-7-11-17)21(30)14-20-18-12-8-9-13-19(18)23(31)28(3)27-20/h5-13H,4,14-15H2,1-3H3. The summed E-state index contributed by atoms with van der Waals surface area (Å²) >= 11 is 1.13. The molecule has 0 unspecified atom stereocenters. The van der Waals surface area contributed by atoms with E-state index in [0.29, 0.717) is 32.2 Å². The third-order valence-electron chi connectivity index (χ3n) is 5.31. The molecule has 2 aromatic heterocycles. The van der Waals surface area contributed by atoms with Crippen LogP contribution in [0.25, 0.3) is 10.8 Å². The Morgan fingerprint density at radius 1 is 1.06 bits per heavy atom. The number of aryl methyl sites for hydroxylation is 2. The maximum Gasteiger partial charge on any atom is 0.350 e. The van der Waals surface area contributed by atoms with Crippen molar-refractivity contribution < 1.29 is 14.3 Å². The van der Waals surface area contributed by atoms with Crippen molar-refractivity contribution in [1.82, 2.24) is 14.8 Å². The first-order chi connectivity index (χ1) is 16.4. The van der Waals surface area contributed by atoms with E-state index in [2.05, 4.69) is 10.1 Å². The van der Waals surface area contributed by atoms with E-state index in [0.717, 1.165) is 16.9 Å². The number of anilines is 1. The summed E-state index contributed by atoms with van der Waals surface area (Å²) < 4.78 is 6.38. The van der Waals surface area contributed by atoms with Crippen molar-refractivity contribution in [3.05, 3.63) is 86.8 Å². The van der Waals surface area contributed by atoms with Gasteiger partial charge in [-0.25, -0.2) is 14.5 Å². The molecule has 0 saturated carbocycles. The number of esters is 1. The van der Waals surface area contributed by atoms with Gasteiger partial charge in [0.05, 0.1) is 36.3 Å². The third kappa shape index (κ3) is 4.74. The van der Waals surface area contributed by atoms with E-state index in [4.69, 9.17) is 4.74 Å². The summed E-state index contributed by atoms with van der Waals surface area (Å²) in [5.74, 6) is -0.703. The molecule has 2 heterocycles. The summed E-state index contributed by atoms with van der Waals surface area (Å²) in [4.78, 5) is 44.9. The van der Waals surface area contributed by atoms with Gasteiger partial charge in [-0.1, -0.05) is 59.9 Å². The van der Waals surface area contributed by atoms with E-state index in [1.807, 2.05) is 36.4 Å². The molecular formula is C25H24N4O4S. The number of amides is 1. The van der Waals surface area contributed by atoms with Gasteiger partial charge in [0.1, 0.15) is 4.88 Å². The van der Waals surface area contributed by atoms with Gasteiger partial charge >= 0.3 is 5.97 Å². The van der Waals surface area contributed by atoms with Crippen LogP contribution in [0, 0.1) is 6.92 Å². The number of fused-ring (bicyclic) bond motifs is 1. The number of carbonyl (C=O) groups excluding carboxylic acids is 2. The Bertz CT molecular complexity index is 1410. The second-order valence-corrected chi connectivity index (χ2v) is 8.67. The molecule has 0 spiro atoms. The molecule has 0 atom stereocenters.